The Labute approximate surface area is 124 Å². The van der Waals surface area contributed by atoms with Crippen LogP contribution < -0.4 is 0 Å². The quantitative estimate of drug-likeness (QED) is 0.808. The monoisotopic (exact) mass is 276 g/mol. The Balaban J connectivity index is 2.15. The van der Waals surface area contributed by atoms with E-state index in [0.717, 1.165) is 33.9 Å². The molecule has 3 heteroatoms. The number of rotatable bonds is 1. The summed E-state index contributed by atoms with van der Waals surface area (Å²) in [5.41, 5.74) is 5.23. The summed E-state index contributed by atoms with van der Waals surface area (Å²) in [6.45, 7) is 3.93. The maximum absolute atomic E-state index is 9.93. The lowest BCUT2D eigenvalue weighted by Gasteiger charge is -2.06. The minimum atomic E-state index is 0.257. The first-order chi connectivity index (χ1) is 10.1. The van der Waals surface area contributed by atoms with Crippen molar-refractivity contribution >= 4 is 28.9 Å². The van der Waals surface area contributed by atoms with Crippen molar-refractivity contribution in [3.05, 3.63) is 59.7 Å². The SMILES string of the molecule is CC1=Nc2ccccc2N=C(C)C1=Cc1ccccc1O. The van der Waals surface area contributed by atoms with Gasteiger partial charge in [0.15, 0.2) is 0 Å². The van der Waals surface area contributed by atoms with E-state index >= 15 is 0 Å². The zero-order chi connectivity index (χ0) is 14.8. The van der Waals surface area contributed by atoms with Gasteiger partial charge < -0.3 is 5.11 Å². The third-order valence-corrected chi connectivity index (χ3v) is 3.47. The number of hydrogen-bond donors (Lipinski definition) is 1. The summed E-state index contributed by atoms with van der Waals surface area (Å²) in [6.07, 6.45) is 1.93. The average Bonchev–Trinajstić information content (AvgIpc) is 2.59. The Morgan fingerprint density at radius 1 is 0.810 bits per heavy atom. The predicted octanol–water partition coefficient (Wildman–Crippen LogP) is 4.67. The highest BCUT2D eigenvalue weighted by Gasteiger charge is 2.13. The summed E-state index contributed by atoms with van der Waals surface area (Å²) in [5, 5.41) is 9.93. The Morgan fingerprint density at radius 2 is 1.33 bits per heavy atom. The number of fused-ring (bicyclic) bond motifs is 1. The molecule has 0 aromatic heterocycles. The minimum absolute atomic E-state index is 0.257. The lowest BCUT2D eigenvalue weighted by Crippen LogP contribution is -2.05. The van der Waals surface area contributed by atoms with Crippen LogP contribution in [0.2, 0.25) is 0 Å². The highest BCUT2D eigenvalue weighted by molar-refractivity contribution is 6.27. The Kier molecular flexibility index (Phi) is 3.40. The molecule has 0 saturated carbocycles. The van der Waals surface area contributed by atoms with Gasteiger partial charge in [-0.1, -0.05) is 30.3 Å². The molecule has 0 spiro atoms. The maximum Gasteiger partial charge on any atom is 0.122 e. The topological polar surface area (TPSA) is 45.0 Å². The van der Waals surface area contributed by atoms with Crippen molar-refractivity contribution in [2.24, 2.45) is 9.98 Å². The third-order valence-electron chi connectivity index (χ3n) is 3.47. The van der Waals surface area contributed by atoms with E-state index < -0.39 is 0 Å². The van der Waals surface area contributed by atoms with Gasteiger partial charge in [0, 0.05) is 22.6 Å². The second kappa shape index (κ2) is 5.37. The van der Waals surface area contributed by atoms with Crippen molar-refractivity contribution in [2.75, 3.05) is 0 Å². The van der Waals surface area contributed by atoms with Gasteiger partial charge in [0.2, 0.25) is 0 Å². The van der Waals surface area contributed by atoms with Crippen molar-refractivity contribution < 1.29 is 5.11 Å². The standard InChI is InChI=1S/C18H16N2O/c1-12-15(11-14-7-3-6-10-18(14)21)13(2)20-17-9-5-4-8-16(17)19-12/h3-11,21H,1-2H3. The number of allylic oxidation sites excluding steroid dienone is 1. The van der Waals surface area contributed by atoms with Crippen molar-refractivity contribution in [1.82, 2.24) is 0 Å². The molecule has 3 nitrogen and oxygen atoms in total. The molecule has 104 valence electrons. The van der Waals surface area contributed by atoms with Gasteiger partial charge >= 0.3 is 0 Å². The van der Waals surface area contributed by atoms with Crippen LogP contribution in [0.5, 0.6) is 5.75 Å². The van der Waals surface area contributed by atoms with Gasteiger partial charge in [-0.15, -0.1) is 0 Å². The van der Waals surface area contributed by atoms with Gasteiger partial charge in [-0.3, -0.25) is 9.98 Å². The number of hydrogen-bond acceptors (Lipinski definition) is 3. The second-order valence-corrected chi connectivity index (χ2v) is 5.00. The van der Waals surface area contributed by atoms with E-state index in [1.54, 1.807) is 6.07 Å². The minimum Gasteiger partial charge on any atom is -0.507 e. The molecule has 0 radical (unpaired) electrons. The second-order valence-electron chi connectivity index (χ2n) is 5.00. The fraction of sp³-hybridized carbons (Fsp3) is 0.111. The van der Waals surface area contributed by atoms with Crippen LogP contribution in [0.15, 0.2) is 64.1 Å². The molecule has 2 aromatic rings. The Bertz CT molecular complexity index is 744. The summed E-state index contributed by atoms with van der Waals surface area (Å²) in [4.78, 5) is 9.30. The summed E-state index contributed by atoms with van der Waals surface area (Å²) < 4.78 is 0. The van der Waals surface area contributed by atoms with Crippen molar-refractivity contribution in [2.45, 2.75) is 13.8 Å². The van der Waals surface area contributed by atoms with Crippen LogP contribution in [-0.2, 0) is 0 Å². The number of aliphatic imine (C=N–C) groups is 2. The Hall–Kier alpha value is -2.68. The van der Waals surface area contributed by atoms with Crippen molar-refractivity contribution in [1.29, 1.82) is 0 Å². The molecule has 0 fully saturated rings. The van der Waals surface area contributed by atoms with Crippen molar-refractivity contribution in [3.63, 3.8) is 0 Å². The van der Waals surface area contributed by atoms with E-state index in [1.807, 2.05) is 62.4 Å². The summed E-state index contributed by atoms with van der Waals surface area (Å²) in [5.74, 6) is 0.257. The fourth-order valence-corrected chi connectivity index (χ4v) is 2.37. The molecule has 0 atom stereocenters. The molecule has 2 aromatic carbocycles. The molecule has 21 heavy (non-hydrogen) atoms. The summed E-state index contributed by atoms with van der Waals surface area (Å²) in [6, 6.07) is 15.1. The first-order valence-corrected chi connectivity index (χ1v) is 6.85. The van der Waals surface area contributed by atoms with Gasteiger partial charge in [0.05, 0.1) is 11.4 Å². The molecule has 0 amide bonds. The third kappa shape index (κ3) is 2.63. The fourth-order valence-electron chi connectivity index (χ4n) is 2.37. The highest BCUT2D eigenvalue weighted by Crippen LogP contribution is 2.32. The number of nitrogens with zero attached hydrogens (tertiary/aromatic N) is 2. The highest BCUT2D eigenvalue weighted by atomic mass is 16.3. The normalized spacial score (nSPS) is 13.9. The van der Waals surface area contributed by atoms with Crippen LogP contribution in [-0.4, -0.2) is 16.5 Å². The molecule has 0 unspecified atom stereocenters. The molecule has 1 aliphatic heterocycles. The van der Waals surface area contributed by atoms with Crippen LogP contribution in [0.1, 0.15) is 19.4 Å². The van der Waals surface area contributed by atoms with E-state index in [0.29, 0.717) is 0 Å². The van der Waals surface area contributed by atoms with Crippen LogP contribution >= 0.6 is 0 Å². The predicted molar refractivity (Wildman–Crippen MR) is 88.1 cm³/mol. The molecule has 0 aliphatic carbocycles. The number of para-hydroxylation sites is 3. The largest absolute Gasteiger partial charge is 0.507 e. The maximum atomic E-state index is 9.93. The molecular formula is C18H16N2O. The molecule has 1 aliphatic rings. The zero-order valence-electron chi connectivity index (χ0n) is 12.0. The van der Waals surface area contributed by atoms with E-state index in [4.69, 9.17) is 0 Å². The first kappa shape index (κ1) is 13.3. The zero-order valence-corrected chi connectivity index (χ0v) is 12.0. The number of aromatic hydroxyl groups is 1. The van der Waals surface area contributed by atoms with E-state index in [2.05, 4.69) is 9.98 Å². The lowest BCUT2D eigenvalue weighted by atomic mass is 10.0. The average molecular weight is 276 g/mol. The summed E-state index contributed by atoms with van der Waals surface area (Å²) in [7, 11) is 0. The van der Waals surface area contributed by atoms with Gasteiger partial charge in [0.1, 0.15) is 5.75 Å². The lowest BCUT2D eigenvalue weighted by molar-refractivity contribution is 0.474. The molecule has 0 saturated heterocycles. The molecule has 1 N–H and O–H groups in total. The first-order valence-electron chi connectivity index (χ1n) is 6.85. The van der Waals surface area contributed by atoms with Gasteiger partial charge in [-0.05, 0) is 38.1 Å². The van der Waals surface area contributed by atoms with Gasteiger partial charge in [0.25, 0.3) is 0 Å². The van der Waals surface area contributed by atoms with Crippen molar-refractivity contribution in [3.8, 4) is 5.75 Å². The molecule has 3 rings (SSSR count). The molecule has 1 heterocycles. The Morgan fingerprint density at radius 3 is 1.90 bits per heavy atom. The van der Waals surface area contributed by atoms with E-state index in [1.165, 1.54) is 0 Å². The van der Waals surface area contributed by atoms with Gasteiger partial charge in [-0.2, -0.15) is 0 Å². The van der Waals surface area contributed by atoms with E-state index in [9.17, 15) is 5.11 Å². The van der Waals surface area contributed by atoms with E-state index in [-0.39, 0.29) is 5.75 Å². The smallest absolute Gasteiger partial charge is 0.122 e. The number of phenolic OH excluding ortho intramolecular Hbond substituents is 1. The number of phenols is 1. The van der Waals surface area contributed by atoms with Crippen LogP contribution in [0.3, 0.4) is 0 Å². The van der Waals surface area contributed by atoms with Crippen LogP contribution in [0.25, 0.3) is 6.08 Å². The molecular weight excluding hydrogens is 260 g/mol. The summed E-state index contributed by atoms with van der Waals surface area (Å²) >= 11 is 0. The number of benzene rings is 2. The molecule has 0 bridgehead atoms. The van der Waals surface area contributed by atoms with Crippen LogP contribution in [0, 0.1) is 0 Å². The van der Waals surface area contributed by atoms with Gasteiger partial charge in [-0.25, -0.2) is 0 Å². The van der Waals surface area contributed by atoms with Crippen LogP contribution in [0.4, 0.5) is 11.4 Å².